The summed E-state index contributed by atoms with van der Waals surface area (Å²) in [6, 6.07) is 6.50. The van der Waals surface area contributed by atoms with Gasteiger partial charge in [0.05, 0.1) is 6.54 Å². The molecule has 0 radical (unpaired) electrons. The van der Waals surface area contributed by atoms with Gasteiger partial charge in [0.1, 0.15) is 5.82 Å². The molecule has 4 rings (SSSR count). The molecule has 2 unspecified atom stereocenters. The summed E-state index contributed by atoms with van der Waals surface area (Å²) in [6.45, 7) is 12.4. The molecule has 3 fully saturated rings. The molecular formula is C21H32N4O. The van der Waals surface area contributed by atoms with Crippen molar-refractivity contribution in [2.45, 2.75) is 46.1 Å². The van der Waals surface area contributed by atoms with Crippen molar-refractivity contribution in [1.82, 2.24) is 14.8 Å². The maximum atomic E-state index is 13.0. The van der Waals surface area contributed by atoms with Gasteiger partial charge in [-0.15, -0.1) is 0 Å². The number of hydrogen-bond donors (Lipinski definition) is 0. The predicted octanol–water partition coefficient (Wildman–Crippen LogP) is 2.63. The largest absolute Gasteiger partial charge is 0.354 e. The number of carbonyl (C=O) groups excluding carboxylic acids is 1. The van der Waals surface area contributed by atoms with Crippen LogP contribution in [0.25, 0.3) is 0 Å². The highest BCUT2D eigenvalue weighted by Gasteiger charge is 2.50. The third-order valence-corrected chi connectivity index (χ3v) is 6.44. The van der Waals surface area contributed by atoms with Gasteiger partial charge in [-0.2, -0.15) is 0 Å². The average molecular weight is 357 g/mol. The number of nitrogens with zero attached hydrogens (tertiary/aromatic N) is 4. The first-order chi connectivity index (χ1) is 12.3. The maximum Gasteiger partial charge on any atom is 0.237 e. The molecule has 1 aliphatic carbocycles. The molecule has 2 aliphatic heterocycles. The summed E-state index contributed by atoms with van der Waals surface area (Å²) < 4.78 is 0. The molecule has 0 N–H and O–H groups in total. The fourth-order valence-electron chi connectivity index (χ4n) is 5.71. The number of rotatable bonds is 3. The molecule has 1 amide bonds. The Hall–Kier alpha value is -1.62. The van der Waals surface area contributed by atoms with Crippen molar-refractivity contribution in [3.63, 3.8) is 0 Å². The van der Waals surface area contributed by atoms with Crippen LogP contribution in [-0.4, -0.2) is 66.0 Å². The van der Waals surface area contributed by atoms with Crippen LogP contribution >= 0.6 is 0 Å². The second kappa shape index (κ2) is 6.52. The molecule has 3 aliphatic rings. The molecule has 2 bridgehead atoms. The van der Waals surface area contributed by atoms with Crippen LogP contribution in [0.1, 0.15) is 40.0 Å². The maximum absolute atomic E-state index is 13.0. The number of piperazine rings is 1. The highest BCUT2D eigenvalue weighted by atomic mass is 16.2. The normalized spacial score (nSPS) is 31.3. The Balaban J connectivity index is 1.32. The van der Waals surface area contributed by atoms with Crippen molar-refractivity contribution in [3.05, 3.63) is 24.4 Å². The van der Waals surface area contributed by atoms with E-state index in [1.807, 2.05) is 18.3 Å². The summed E-state index contributed by atoms with van der Waals surface area (Å²) in [5, 5.41) is 0. The number of pyridine rings is 1. The van der Waals surface area contributed by atoms with E-state index in [2.05, 4.69) is 46.5 Å². The quantitative estimate of drug-likeness (QED) is 0.835. The van der Waals surface area contributed by atoms with Gasteiger partial charge in [-0.05, 0) is 42.2 Å². The Morgan fingerprint density at radius 2 is 1.92 bits per heavy atom. The Morgan fingerprint density at radius 1 is 1.15 bits per heavy atom. The molecule has 142 valence electrons. The monoisotopic (exact) mass is 356 g/mol. The number of likely N-dealkylation sites (tertiary alicyclic amines) is 1. The zero-order chi connectivity index (χ0) is 18.4. The highest BCUT2D eigenvalue weighted by molar-refractivity contribution is 5.79. The van der Waals surface area contributed by atoms with Crippen LogP contribution in [0.2, 0.25) is 0 Å². The summed E-state index contributed by atoms with van der Waals surface area (Å²) in [5.41, 5.74) is 0.681. The van der Waals surface area contributed by atoms with E-state index in [1.165, 1.54) is 12.8 Å². The Bertz CT molecular complexity index is 653. The van der Waals surface area contributed by atoms with E-state index >= 15 is 0 Å². The van der Waals surface area contributed by atoms with Gasteiger partial charge in [0.25, 0.3) is 0 Å². The van der Waals surface area contributed by atoms with Gasteiger partial charge in [-0.25, -0.2) is 4.98 Å². The first-order valence-electron chi connectivity index (χ1n) is 10.0. The smallest absolute Gasteiger partial charge is 0.237 e. The first kappa shape index (κ1) is 17.8. The fraction of sp³-hybridized carbons (Fsp3) is 0.714. The average Bonchev–Trinajstić information content (AvgIpc) is 2.85. The van der Waals surface area contributed by atoms with E-state index in [-0.39, 0.29) is 0 Å². The van der Waals surface area contributed by atoms with E-state index in [1.54, 1.807) is 0 Å². The molecule has 3 heterocycles. The van der Waals surface area contributed by atoms with Crippen molar-refractivity contribution >= 4 is 11.7 Å². The first-order valence-corrected chi connectivity index (χ1v) is 10.0. The molecule has 1 saturated carbocycles. The molecule has 5 nitrogen and oxygen atoms in total. The van der Waals surface area contributed by atoms with Gasteiger partial charge in [0.15, 0.2) is 0 Å². The summed E-state index contributed by atoms with van der Waals surface area (Å²) in [5.74, 6) is 1.38. The third-order valence-electron chi connectivity index (χ3n) is 6.44. The van der Waals surface area contributed by atoms with Crippen molar-refractivity contribution in [3.8, 4) is 0 Å². The van der Waals surface area contributed by atoms with Crippen LogP contribution in [0, 0.1) is 10.8 Å². The second-order valence-corrected chi connectivity index (χ2v) is 9.69. The summed E-state index contributed by atoms with van der Waals surface area (Å²) >= 11 is 0. The van der Waals surface area contributed by atoms with E-state index in [4.69, 9.17) is 0 Å². The molecule has 1 aromatic rings. The highest BCUT2D eigenvalue weighted by Crippen LogP contribution is 2.52. The Kier molecular flexibility index (Phi) is 4.46. The molecule has 0 spiro atoms. The minimum Gasteiger partial charge on any atom is -0.354 e. The van der Waals surface area contributed by atoms with Gasteiger partial charge in [-0.3, -0.25) is 9.69 Å². The van der Waals surface area contributed by atoms with Crippen molar-refractivity contribution < 1.29 is 4.79 Å². The third kappa shape index (κ3) is 3.59. The zero-order valence-corrected chi connectivity index (χ0v) is 16.4. The fourth-order valence-corrected chi connectivity index (χ4v) is 5.71. The molecule has 1 aromatic heterocycles. The topological polar surface area (TPSA) is 39.7 Å². The Morgan fingerprint density at radius 3 is 2.62 bits per heavy atom. The van der Waals surface area contributed by atoms with Gasteiger partial charge >= 0.3 is 0 Å². The van der Waals surface area contributed by atoms with Gasteiger partial charge < -0.3 is 9.80 Å². The molecule has 0 aromatic carbocycles. The van der Waals surface area contributed by atoms with Crippen LogP contribution in [0.5, 0.6) is 0 Å². The lowest BCUT2D eigenvalue weighted by Crippen LogP contribution is -2.51. The van der Waals surface area contributed by atoms with E-state index in [0.717, 1.165) is 45.0 Å². The molecule has 2 saturated heterocycles. The molecule has 26 heavy (non-hydrogen) atoms. The number of carbonyl (C=O) groups is 1. The van der Waals surface area contributed by atoms with Crippen LogP contribution in [-0.2, 0) is 4.79 Å². The second-order valence-electron chi connectivity index (χ2n) is 9.69. The number of aromatic nitrogens is 1. The van der Waals surface area contributed by atoms with E-state index in [9.17, 15) is 4.79 Å². The Labute approximate surface area is 157 Å². The molecule has 2 atom stereocenters. The number of hydrogen-bond acceptors (Lipinski definition) is 4. The minimum absolute atomic E-state index is 0.319. The van der Waals surface area contributed by atoms with Gasteiger partial charge in [0.2, 0.25) is 5.91 Å². The lowest BCUT2D eigenvalue weighted by Gasteiger charge is -2.39. The van der Waals surface area contributed by atoms with Crippen molar-refractivity contribution in [2.75, 3.05) is 44.2 Å². The standard InChI is InChI=1S/C21H32N4O/c1-20(2)12-17-13-21(3,15-20)16-25(17)19(26)14-23-8-10-24(11-9-23)18-6-4-5-7-22-18/h4-7,17H,8-16H2,1-3H3. The summed E-state index contributed by atoms with van der Waals surface area (Å²) in [4.78, 5) is 24.3. The molecular weight excluding hydrogens is 324 g/mol. The van der Waals surface area contributed by atoms with Crippen LogP contribution in [0.3, 0.4) is 0 Å². The zero-order valence-electron chi connectivity index (χ0n) is 16.4. The minimum atomic E-state index is 0.319. The molecule has 5 heteroatoms. The van der Waals surface area contributed by atoms with Crippen LogP contribution in [0.15, 0.2) is 24.4 Å². The van der Waals surface area contributed by atoms with Crippen molar-refractivity contribution in [1.29, 1.82) is 0 Å². The number of anilines is 1. The lowest BCUT2D eigenvalue weighted by atomic mass is 9.65. The van der Waals surface area contributed by atoms with Gasteiger partial charge in [0, 0.05) is 45.0 Å². The summed E-state index contributed by atoms with van der Waals surface area (Å²) in [6.07, 6.45) is 5.43. The van der Waals surface area contributed by atoms with E-state index < -0.39 is 0 Å². The van der Waals surface area contributed by atoms with Crippen molar-refractivity contribution in [2.24, 2.45) is 10.8 Å². The van der Waals surface area contributed by atoms with Crippen LogP contribution in [0.4, 0.5) is 5.82 Å². The lowest BCUT2D eigenvalue weighted by molar-refractivity contribution is -0.133. The van der Waals surface area contributed by atoms with Gasteiger partial charge in [-0.1, -0.05) is 26.8 Å². The SMILES string of the molecule is CC1(C)CC2CC(C)(CN2C(=O)CN2CCN(c3ccccn3)CC2)C1. The van der Waals surface area contributed by atoms with E-state index in [0.29, 0.717) is 29.3 Å². The predicted molar refractivity (Wildman–Crippen MR) is 104 cm³/mol. The number of amides is 1. The number of fused-ring (bicyclic) bond motifs is 2. The van der Waals surface area contributed by atoms with Crippen LogP contribution < -0.4 is 4.90 Å². The summed E-state index contributed by atoms with van der Waals surface area (Å²) in [7, 11) is 0.